The Bertz CT molecular complexity index is 226. The molecule has 0 radical (unpaired) electrons. The van der Waals surface area contributed by atoms with Crippen LogP contribution in [0.4, 0.5) is 0 Å². The Kier molecular flexibility index (Phi) is 15.5. The fraction of sp³-hybridized carbons (Fsp3) is 0.947. The molecule has 0 saturated heterocycles. The normalized spacial score (nSPS) is 12.3. The maximum atomic E-state index is 10.9. The molecule has 0 aliphatic rings. The predicted octanol–water partition coefficient (Wildman–Crippen LogP) is 6.28. The lowest BCUT2D eigenvalue weighted by Gasteiger charge is -2.16. The van der Waals surface area contributed by atoms with E-state index in [4.69, 9.17) is 4.74 Å². The van der Waals surface area contributed by atoms with Crippen molar-refractivity contribution in [3.63, 3.8) is 0 Å². The topological polar surface area (TPSA) is 26.3 Å². The summed E-state index contributed by atoms with van der Waals surface area (Å²) in [5.41, 5.74) is 0. The van der Waals surface area contributed by atoms with Gasteiger partial charge in [-0.3, -0.25) is 4.79 Å². The van der Waals surface area contributed by atoms with Gasteiger partial charge in [0.2, 0.25) is 0 Å². The minimum atomic E-state index is -0.140. The molecule has 0 saturated carbocycles. The first-order valence-electron chi connectivity index (χ1n) is 9.34. The first-order valence-corrected chi connectivity index (χ1v) is 9.34. The lowest BCUT2D eigenvalue weighted by molar-refractivity contribution is -0.141. The van der Waals surface area contributed by atoms with Gasteiger partial charge in [-0.1, -0.05) is 90.9 Å². The summed E-state index contributed by atoms with van der Waals surface area (Å²) in [5, 5.41) is 0. The smallest absolute Gasteiger partial charge is 0.302 e. The number of hydrogen-bond acceptors (Lipinski definition) is 2. The highest BCUT2D eigenvalue weighted by Gasteiger charge is 2.09. The Hall–Kier alpha value is -0.530. The van der Waals surface area contributed by atoms with Crippen LogP contribution in [0, 0.1) is 5.92 Å². The molecule has 0 bridgehead atoms. The minimum absolute atomic E-state index is 0.140. The highest BCUT2D eigenvalue weighted by Crippen LogP contribution is 2.21. The minimum Gasteiger partial charge on any atom is -0.466 e. The lowest BCUT2D eigenvalue weighted by atomic mass is 9.92. The van der Waals surface area contributed by atoms with E-state index in [1.807, 2.05) is 0 Å². The van der Waals surface area contributed by atoms with E-state index in [9.17, 15) is 4.79 Å². The van der Waals surface area contributed by atoms with E-state index in [2.05, 4.69) is 13.8 Å². The van der Waals surface area contributed by atoms with Crippen LogP contribution in [-0.4, -0.2) is 12.6 Å². The SMILES string of the molecule is CCCCCCCCC(CCCCCC)CCOC(C)=O. The Labute approximate surface area is 133 Å². The molecule has 0 N–H and O–H groups in total. The van der Waals surface area contributed by atoms with Crippen molar-refractivity contribution in [2.24, 2.45) is 5.92 Å². The number of esters is 1. The van der Waals surface area contributed by atoms with Crippen LogP contribution in [0.2, 0.25) is 0 Å². The van der Waals surface area contributed by atoms with Gasteiger partial charge in [-0.25, -0.2) is 0 Å². The summed E-state index contributed by atoms with van der Waals surface area (Å²) < 4.78 is 5.12. The summed E-state index contributed by atoms with van der Waals surface area (Å²) in [5.74, 6) is 0.617. The number of ether oxygens (including phenoxy) is 1. The van der Waals surface area contributed by atoms with E-state index in [0.29, 0.717) is 6.61 Å². The van der Waals surface area contributed by atoms with Gasteiger partial charge in [0.1, 0.15) is 0 Å². The highest BCUT2D eigenvalue weighted by atomic mass is 16.5. The summed E-state index contributed by atoms with van der Waals surface area (Å²) in [4.78, 5) is 10.9. The van der Waals surface area contributed by atoms with Crippen LogP contribution in [-0.2, 0) is 9.53 Å². The molecule has 21 heavy (non-hydrogen) atoms. The molecule has 126 valence electrons. The third-order valence-electron chi connectivity index (χ3n) is 4.26. The van der Waals surface area contributed by atoms with E-state index >= 15 is 0 Å². The predicted molar refractivity (Wildman–Crippen MR) is 91.5 cm³/mol. The third-order valence-corrected chi connectivity index (χ3v) is 4.26. The van der Waals surface area contributed by atoms with Crippen LogP contribution in [0.5, 0.6) is 0 Å². The van der Waals surface area contributed by atoms with Crippen LogP contribution in [0.3, 0.4) is 0 Å². The molecule has 0 aliphatic heterocycles. The van der Waals surface area contributed by atoms with Crippen molar-refractivity contribution in [3.8, 4) is 0 Å². The largest absolute Gasteiger partial charge is 0.466 e. The maximum Gasteiger partial charge on any atom is 0.302 e. The van der Waals surface area contributed by atoms with Crippen LogP contribution < -0.4 is 0 Å². The van der Waals surface area contributed by atoms with Crippen molar-refractivity contribution < 1.29 is 9.53 Å². The first-order chi connectivity index (χ1) is 10.2. The second kappa shape index (κ2) is 15.9. The van der Waals surface area contributed by atoms with Crippen LogP contribution in [0.25, 0.3) is 0 Å². The second-order valence-corrected chi connectivity index (χ2v) is 6.40. The quantitative estimate of drug-likeness (QED) is 0.263. The zero-order chi connectivity index (χ0) is 15.8. The molecule has 1 atom stereocenters. The Morgan fingerprint density at radius 3 is 1.76 bits per heavy atom. The third kappa shape index (κ3) is 15.7. The van der Waals surface area contributed by atoms with Gasteiger partial charge in [0.25, 0.3) is 0 Å². The molecular formula is C19H38O2. The molecule has 0 rings (SSSR count). The molecular weight excluding hydrogens is 260 g/mol. The van der Waals surface area contributed by atoms with Crippen LogP contribution in [0.15, 0.2) is 0 Å². The van der Waals surface area contributed by atoms with Crippen LogP contribution >= 0.6 is 0 Å². The molecule has 0 spiro atoms. The van der Waals surface area contributed by atoms with Gasteiger partial charge in [-0.2, -0.15) is 0 Å². The molecule has 0 heterocycles. The van der Waals surface area contributed by atoms with Crippen molar-refractivity contribution in [3.05, 3.63) is 0 Å². The van der Waals surface area contributed by atoms with E-state index < -0.39 is 0 Å². The Morgan fingerprint density at radius 2 is 1.24 bits per heavy atom. The molecule has 2 nitrogen and oxygen atoms in total. The van der Waals surface area contributed by atoms with E-state index in [0.717, 1.165) is 12.3 Å². The van der Waals surface area contributed by atoms with Crippen molar-refractivity contribution in [1.82, 2.24) is 0 Å². The van der Waals surface area contributed by atoms with E-state index in [1.54, 1.807) is 0 Å². The number of rotatable bonds is 15. The Morgan fingerprint density at radius 1 is 0.762 bits per heavy atom. The zero-order valence-corrected chi connectivity index (χ0v) is 14.8. The maximum absolute atomic E-state index is 10.9. The van der Waals surface area contributed by atoms with Gasteiger partial charge in [-0.15, -0.1) is 0 Å². The van der Waals surface area contributed by atoms with Crippen molar-refractivity contribution >= 4 is 5.97 Å². The monoisotopic (exact) mass is 298 g/mol. The molecule has 0 aromatic heterocycles. The van der Waals surface area contributed by atoms with Gasteiger partial charge in [0, 0.05) is 6.92 Å². The standard InChI is InChI=1S/C19H38O2/c1-4-6-8-10-11-13-15-19(14-12-9-7-5-2)16-17-21-18(3)20/h19H,4-17H2,1-3H3. The van der Waals surface area contributed by atoms with Gasteiger partial charge >= 0.3 is 5.97 Å². The molecule has 0 fully saturated rings. The summed E-state index contributed by atoms with van der Waals surface area (Å²) >= 11 is 0. The summed E-state index contributed by atoms with van der Waals surface area (Å²) in [6.45, 7) is 6.64. The number of hydrogen-bond donors (Lipinski definition) is 0. The van der Waals surface area contributed by atoms with Gasteiger partial charge in [0.15, 0.2) is 0 Å². The summed E-state index contributed by atoms with van der Waals surface area (Å²) in [6.07, 6.45) is 17.3. The number of unbranched alkanes of at least 4 members (excludes halogenated alkanes) is 8. The lowest BCUT2D eigenvalue weighted by Crippen LogP contribution is -2.08. The fourth-order valence-corrected chi connectivity index (χ4v) is 2.88. The van der Waals surface area contributed by atoms with Crippen molar-refractivity contribution in [2.45, 2.75) is 104 Å². The molecule has 0 aromatic rings. The summed E-state index contributed by atoms with van der Waals surface area (Å²) in [6, 6.07) is 0. The number of carbonyl (C=O) groups is 1. The van der Waals surface area contributed by atoms with Crippen molar-refractivity contribution in [1.29, 1.82) is 0 Å². The fourth-order valence-electron chi connectivity index (χ4n) is 2.88. The van der Waals surface area contributed by atoms with Gasteiger partial charge < -0.3 is 4.74 Å². The highest BCUT2D eigenvalue weighted by molar-refractivity contribution is 5.65. The van der Waals surface area contributed by atoms with Crippen molar-refractivity contribution in [2.75, 3.05) is 6.61 Å². The average molecular weight is 299 g/mol. The first kappa shape index (κ1) is 20.5. The van der Waals surface area contributed by atoms with Gasteiger partial charge in [0.05, 0.1) is 6.61 Å². The average Bonchev–Trinajstić information content (AvgIpc) is 2.46. The summed E-state index contributed by atoms with van der Waals surface area (Å²) in [7, 11) is 0. The zero-order valence-electron chi connectivity index (χ0n) is 14.8. The molecule has 0 amide bonds. The molecule has 0 aromatic carbocycles. The van der Waals surface area contributed by atoms with E-state index in [1.165, 1.54) is 84.0 Å². The number of carbonyl (C=O) groups excluding carboxylic acids is 1. The van der Waals surface area contributed by atoms with Gasteiger partial charge in [-0.05, 0) is 12.3 Å². The molecule has 2 heteroatoms. The second-order valence-electron chi connectivity index (χ2n) is 6.40. The Balaban J connectivity index is 3.74. The van der Waals surface area contributed by atoms with Crippen LogP contribution in [0.1, 0.15) is 104 Å². The molecule has 1 unspecified atom stereocenters. The van der Waals surface area contributed by atoms with E-state index in [-0.39, 0.29) is 5.97 Å². The molecule has 0 aliphatic carbocycles.